The number of carbonyl (C=O) groups is 1. The number of nitrogens with zero attached hydrogens (tertiary/aromatic N) is 1. The zero-order valence-electron chi connectivity index (χ0n) is 12.7. The third-order valence-corrected chi connectivity index (χ3v) is 4.38. The van der Waals surface area contributed by atoms with Crippen molar-refractivity contribution in [2.24, 2.45) is 0 Å². The van der Waals surface area contributed by atoms with E-state index >= 15 is 0 Å². The Labute approximate surface area is 126 Å². The largest absolute Gasteiger partial charge is 0.497 e. The number of hydrogen-bond donors (Lipinski definition) is 1. The van der Waals surface area contributed by atoms with E-state index in [4.69, 9.17) is 4.74 Å². The van der Waals surface area contributed by atoms with Crippen LogP contribution in [0.25, 0.3) is 0 Å². The van der Waals surface area contributed by atoms with Crippen molar-refractivity contribution in [3.63, 3.8) is 0 Å². The number of methoxy groups -OCH3 is 1. The molecule has 1 unspecified atom stereocenters. The van der Waals surface area contributed by atoms with Crippen molar-refractivity contribution < 1.29 is 9.53 Å². The smallest absolute Gasteiger partial charge is 0.227 e. The molecule has 0 bridgehead atoms. The summed E-state index contributed by atoms with van der Waals surface area (Å²) in [4.78, 5) is 14.7. The Morgan fingerprint density at radius 3 is 2.90 bits per heavy atom. The molecule has 2 aliphatic rings. The second-order valence-corrected chi connectivity index (χ2v) is 6.10. The van der Waals surface area contributed by atoms with Gasteiger partial charge in [0.2, 0.25) is 5.91 Å². The number of hydrogen-bond acceptors (Lipinski definition) is 3. The van der Waals surface area contributed by atoms with Crippen LogP contribution >= 0.6 is 0 Å². The lowest BCUT2D eigenvalue weighted by atomic mass is 10.1. The number of carbonyl (C=O) groups excluding carboxylic acids is 1. The molecule has 1 aromatic rings. The first kappa shape index (κ1) is 14.4. The third kappa shape index (κ3) is 3.76. The SMILES string of the molecule is COc1cccc(CC(=O)N(CC2CCCN2)C2CC2)c1. The topological polar surface area (TPSA) is 41.6 Å². The molecule has 1 aromatic carbocycles. The molecule has 4 heteroatoms. The van der Waals surface area contributed by atoms with E-state index in [0.717, 1.165) is 37.2 Å². The molecule has 0 radical (unpaired) electrons. The van der Waals surface area contributed by atoms with Crippen molar-refractivity contribution in [3.8, 4) is 5.75 Å². The molecule has 1 saturated heterocycles. The van der Waals surface area contributed by atoms with Crippen molar-refractivity contribution in [1.29, 1.82) is 0 Å². The van der Waals surface area contributed by atoms with Crippen LogP contribution in [0.4, 0.5) is 0 Å². The van der Waals surface area contributed by atoms with Crippen LogP contribution in [0.2, 0.25) is 0 Å². The van der Waals surface area contributed by atoms with E-state index in [-0.39, 0.29) is 5.91 Å². The molecule has 1 amide bonds. The van der Waals surface area contributed by atoms with Gasteiger partial charge in [-0.2, -0.15) is 0 Å². The van der Waals surface area contributed by atoms with Crippen LogP contribution < -0.4 is 10.1 Å². The van der Waals surface area contributed by atoms with E-state index in [1.165, 1.54) is 12.8 Å². The number of ether oxygens (including phenoxy) is 1. The molecule has 1 atom stereocenters. The average Bonchev–Trinajstić information content (AvgIpc) is 3.21. The highest BCUT2D eigenvalue weighted by molar-refractivity contribution is 5.79. The van der Waals surface area contributed by atoms with Gasteiger partial charge in [-0.15, -0.1) is 0 Å². The molecule has 0 aromatic heterocycles. The van der Waals surface area contributed by atoms with E-state index < -0.39 is 0 Å². The van der Waals surface area contributed by atoms with Crippen LogP contribution in [0.5, 0.6) is 5.75 Å². The predicted octanol–water partition coefficient (Wildman–Crippen LogP) is 1.98. The number of nitrogens with one attached hydrogen (secondary N) is 1. The molecular formula is C17H24N2O2. The Morgan fingerprint density at radius 1 is 1.38 bits per heavy atom. The summed E-state index contributed by atoms with van der Waals surface area (Å²) in [5.74, 6) is 1.06. The highest BCUT2D eigenvalue weighted by atomic mass is 16.5. The Balaban J connectivity index is 1.63. The Kier molecular flexibility index (Phi) is 4.44. The fourth-order valence-electron chi connectivity index (χ4n) is 3.05. The van der Waals surface area contributed by atoms with E-state index in [1.54, 1.807) is 7.11 Å². The lowest BCUT2D eigenvalue weighted by Crippen LogP contribution is -2.43. The van der Waals surface area contributed by atoms with Crippen LogP contribution in [-0.4, -0.2) is 43.1 Å². The lowest BCUT2D eigenvalue weighted by Gasteiger charge is -2.26. The average molecular weight is 288 g/mol. The van der Waals surface area contributed by atoms with Gasteiger partial charge in [-0.3, -0.25) is 4.79 Å². The van der Waals surface area contributed by atoms with Gasteiger partial charge in [-0.1, -0.05) is 12.1 Å². The first-order valence-corrected chi connectivity index (χ1v) is 7.92. The maximum Gasteiger partial charge on any atom is 0.227 e. The van der Waals surface area contributed by atoms with Gasteiger partial charge >= 0.3 is 0 Å². The molecule has 1 N–H and O–H groups in total. The monoisotopic (exact) mass is 288 g/mol. The van der Waals surface area contributed by atoms with E-state index in [9.17, 15) is 4.79 Å². The minimum absolute atomic E-state index is 0.249. The molecular weight excluding hydrogens is 264 g/mol. The minimum Gasteiger partial charge on any atom is -0.497 e. The fourth-order valence-corrected chi connectivity index (χ4v) is 3.05. The van der Waals surface area contributed by atoms with Crippen LogP contribution in [-0.2, 0) is 11.2 Å². The molecule has 1 aliphatic carbocycles. The molecule has 3 rings (SSSR count). The van der Waals surface area contributed by atoms with Gasteiger partial charge in [0.1, 0.15) is 5.75 Å². The van der Waals surface area contributed by atoms with Gasteiger partial charge in [0, 0.05) is 18.6 Å². The summed E-state index contributed by atoms with van der Waals surface area (Å²) in [7, 11) is 1.66. The Hall–Kier alpha value is -1.55. The second-order valence-electron chi connectivity index (χ2n) is 6.10. The molecule has 4 nitrogen and oxygen atoms in total. The second kappa shape index (κ2) is 6.48. The molecule has 1 heterocycles. The molecule has 1 saturated carbocycles. The molecule has 2 fully saturated rings. The molecule has 1 aliphatic heterocycles. The molecule has 114 valence electrons. The zero-order valence-corrected chi connectivity index (χ0v) is 12.7. The number of rotatable bonds is 6. The van der Waals surface area contributed by atoms with E-state index in [0.29, 0.717) is 18.5 Å². The summed E-state index contributed by atoms with van der Waals surface area (Å²) in [5, 5.41) is 3.49. The van der Waals surface area contributed by atoms with E-state index in [2.05, 4.69) is 10.2 Å². The van der Waals surface area contributed by atoms with Gasteiger partial charge in [-0.05, 0) is 49.9 Å². The van der Waals surface area contributed by atoms with Gasteiger partial charge < -0.3 is 15.0 Å². The summed E-state index contributed by atoms with van der Waals surface area (Å²) >= 11 is 0. The van der Waals surface area contributed by atoms with Crippen LogP contribution in [0.1, 0.15) is 31.2 Å². The first-order valence-electron chi connectivity index (χ1n) is 7.92. The highest BCUT2D eigenvalue weighted by Gasteiger charge is 2.34. The van der Waals surface area contributed by atoms with Gasteiger partial charge in [0.05, 0.1) is 13.5 Å². The summed E-state index contributed by atoms with van der Waals surface area (Å²) in [6.07, 6.45) is 5.22. The quantitative estimate of drug-likeness (QED) is 0.870. The normalized spacial score (nSPS) is 21.3. The van der Waals surface area contributed by atoms with Crippen molar-refractivity contribution in [3.05, 3.63) is 29.8 Å². The van der Waals surface area contributed by atoms with Crippen LogP contribution in [0, 0.1) is 0 Å². The first-order chi connectivity index (χ1) is 10.3. The van der Waals surface area contributed by atoms with Gasteiger partial charge in [0.25, 0.3) is 0 Å². The summed E-state index contributed by atoms with van der Waals surface area (Å²) in [5.41, 5.74) is 1.03. The van der Waals surface area contributed by atoms with Crippen molar-refractivity contribution >= 4 is 5.91 Å². The molecule has 0 spiro atoms. The summed E-state index contributed by atoms with van der Waals surface area (Å²) < 4.78 is 5.23. The van der Waals surface area contributed by atoms with E-state index in [1.807, 2.05) is 24.3 Å². The maximum atomic E-state index is 12.6. The molecule has 21 heavy (non-hydrogen) atoms. The predicted molar refractivity (Wildman–Crippen MR) is 82.5 cm³/mol. The maximum absolute atomic E-state index is 12.6. The fraction of sp³-hybridized carbons (Fsp3) is 0.588. The van der Waals surface area contributed by atoms with Crippen molar-refractivity contribution in [2.75, 3.05) is 20.2 Å². The Bertz CT molecular complexity index is 493. The zero-order chi connectivity index (χ0) is 14.7. The van der Waals surface area contributed by atoms with Gasteiger partial charge in [-0.25, -0.2) is 0 Å². The highest BCUT2D eigenvalue weighted by Crippen LogP contribution is 2.28. The van der Waals surface area contributed by atoms with Crippen molar-refractivity contribution in [2.45, 2.75) is 44.2 Å². The standard InChI is InChI=1S/C17H24N2O2/c1-21-16-6-2-4-13(10-16)11-17(20)19(15-7-8-15)12-14-5-3-9-18-14/h2,4,6,10,14-15,18H,3,5,7-9,11-12H2,1H3. The number of amides is 1. The van der Waals surface area contributed by atoms with Gasteiger partial charge in [0.15, 0.2) is 0 Å². The lowest BCUT2D eigenvalue weighted by molar-refractivity contribution is -0.131. The summed E-state index contributed by atoms with van der Waals surface area (Å²) in [6.45, 7) is 1.96. The minimum atomic E-state index is 0.249. The third-order valence-electron chi connectivity index (χ3n) is 4.38. The van der Waals surface area contributed by atoms with Crippen molar-refractivity contribution in [1.82, 2.24) is 10.2 Å². The number of benzene rings is 1. The van der Waals surface area contributed by atoms with Crippen LogP contribution in [0.3, 0.4) is 0 Å². The Morgan fingerprint density at radius 2 is 2.24 bits per heavy atom. The summed E-state index contributed by atoms with van der Waals surface area (Å²) in [6, 6.07) is 8.78. The van der Waals surface area contributed by atoms with Crippen LogP contribution in [0.15, 0.2) is 24.3 Å².